The molecule has 3 rings (SSSR count). The van der Waals surface area contributed by atoms with E-state index in [-0.39, 0.29) is 23.1 Å². The first-order valence-corrected chi connectivity index (χ1v) is 13.0. The van der Waals surface area contributed by atoms with Gasteiger partial charge in [-0.05, 0) is 38.4 Å². The molecular formula is C19H31ClN4O3S2. The second-order valence-corrected chi connectivity index (χ2v) is 11.6. The summed E-state index contributed by atoms with van der Waals surface area (Å²) in [5.74, 6) is 0.0160. The number of piperazine rings is 1. The van der Waals surface area contributed by atoms with E-state index in [1.807, 2.05) is 4.90 Å². The van der Waals surface area contributed by atoms with Crippen LogP contribution >= 0.6 is 22.9 Å². The van der Waals surface area contributed by atoms with Gasteiger partial charge in [0, 0.05) is 58.3 Å². The number of rotatable bonds is 8. The molecule has 0 bridgehead atoms. The van der Waals surface area contributed by atoms with Crippen LogP contribution in [0.5, 0.6) is 0 Å². The van der Waals surface area contributed by atoms with E-state index in [2.05, 4.69) is 17.1 Å². The predicted octanol–water partition coefficient (Wildman–Crippen LogP) is 2.09. The number of piperidine rings is 1. The molecule has 0 spiro atoms. The highest BCUT2D eigenvalue weighted by molar-refractivity contribution is 7.91. The lowest BCUT2D eigenvalue weighted by Gasteiger charge is -2.35. The molecule has 1 aromatic heterocycles. The van der Waals surface area contributed by atoms with Gasteiger partial charge >= 0.3 is 0 Å². The Morgan fingerprint density at radius 3 is 2.66 bits per heavy atom. The number of sulfonamides is 1. The molecule has 0 unspecified atom stereocenters. The van der Waals surface area contributed by atoms with Gasteiger partial charge in [-0.3, -0.25) is 9.69 Å². The lowest BCUT2D eigenvalue weighted by atomic mass is 10.0. The Morgan fingerprint density at radius 2 is 2.00 bits per heavy atom. The van der Waals surface area contributed by atoms with Crippen molar-refractivity contribution >= 4 is 38.9 Å². The van der Waals surface area contributed by atoms with Gasteiger partial charge in [0.05, 0.1) is 4.34 Å². The normalized spacial score (nSPS) is 21.6. The summed E-state index contributed by atoms with van der Waals surface area (Å²) in [6, 6.07) is 3.62. The van der Waals surface area contributed by atoms with Gasteiger partial charge in [-0.2, -0.15) is 4.31 Å². The Balaban J connectivity index is 1.67. The van der Waals surface area contributed by atoms with Crippen molar-refractivity contribution in [3.63, 3.8) is 0 Å². The Morgan fingerprint density at radius 1 is 1.24 bits per heavy atom. The molecule has 0 radical (unpaired) electrons. The highest BCUT2D eigenvalue weighted by Gasteiger charge is 2.29. The minimum atomic E-state index is -3.67. The summed E-state index contributed by atoms with van der Waals surface area (Å²) in [5, 5.41) is 3.23. The maximum atomic E-state index is 13.2. The summed E-state index contributed by atoms with van der Waals surface area (Å²) in [6.07, 6.45) is 3.73. The topological polar surface area (TPSA) is 73.0 Å². The maximum Gasteiger partial charge on any atom is 0.252 e. The number of amides is 1. The van der Waals surface area contributed by atoms with Gasteiger partial charge in [-0.1, -0.05) is 18.0 Å². The van der Waals surface area contributed by atoms with Crippen LogP contribution in [-0.4, -0.2) is 86.8 Å². The van der Waals surface area contributed by atoms with Crippen molar-refractivity contribution in [3.8, 4) is 0 Å². The number of carbonyl (C=O) groups is 1. The van der Waals surface area contributed by atoms with E-state index >= 15 is 0 Å². The van der Waals surface area contributed by atoms with E-state index in [1.165, 1.54) is 10.7 Å². The van der Waals surface area contributed by atoms with Crippen molar-refractivity contribution in [2.24, 2.45) is 0 Å². The summed E-state index contributed by atoms with van der Waals surface area (Å²) < 4.78 is 28.6. The van der Waals surface area contributed by atoms with Crippen LogP contribution in [0.1, 0.15) is 32.6 Å². The largest absolute Gasteiger partial charge is 0.340 e. The third-order valence-corrected chi connectivity index (χ3v) is 9.36. The van der Waals surface area contributed by atoms with Crippen LogP contribution in [0.15, 0.2) is 16.3 Å². The summed E-state index contributed by atoms with van der Waals surface area (Å²) in [7, 11) is -3.67. The third kappa shape index (κ3) is 6.15. The molecule has 0 aromatic carbocycles. The molecule has 2 aliphatic heterocycles. The SMILES string of the molecule is C[C@@H]1CCCCN1CCN(CCC(=O)N1CCNCC1)S(=O)(=O)c1ccc(Cl)s1. The van der Waals surface area contributed by atoms with Crippen molar-refractivity contribution in [2.45, 2.75) is 42.9 Å². The molecule has 1 N–H and O–H groups in total. The number of hydrogen-bond acceptors (Lipinski definition) is 6. The highest BCUT2D eigenvalue weighted by Crippen LogP contribution is 2.28. The first kappa shape index (κ1) is 23.0. The van der Waals surface area contributed by atoms with Crippen molar-refractivity contribution < 1.29 is 13.2 Å². The smallest absolute Gasteiger partial charge is 0.252 e. The summed E-state index contributed by atoms with van der Waals surface area (Å²) in [4.78, 5) is 16.7. The molecule has 1 atom stereocenters. The zero-order valence-corrected chi connectivity index (χ0v) is 19.4. The first-order valence-electron chi connectivity index (χ1n) is 10.4. The minimum Gasteiger partial charge on any atom is -0.340 e. The van der Waals surface area contributed by atoms with Crippen LogP contribution in [0.25, 0.3) is 0 Å². The number of likely N-dealkylation sites (tertiary alicyclic amines) is 1. The number of nitrogens with zero attached hydrogens (tertiary/aromatic N) is 3. The lowest BCUT2D eigenvalue weighted by Crippen LogP contribution is -2.48. The molecule has 164 valence electrons. The predicted molar refractivity (Wildman–Crippen MR) is 117 cm³/mol. The minimum absolute atomic E-state index is 0.0160. The molecule has 0 aliphatic carbocycles. The number of hydrogen-bond donors (Lipinski definition) is 1. The molecule has 1 aromatic rings. The average Bonchev–Trinajstić information content (AvgIpc) is 3.16. The fourth-order valence-corrected chi connectivity index (χ4v) is 7.01. The quantitative estimate of drug-likeness (QED) is 0.640. The average molecular weight is 463 g/mol. The Labute approximate surface area is 183 Å². The standard InChI is InChI=1S/C19H31ClN4O3S2/c1-16-4-2-3-10-22(16)14-15-24(29(26,27)19-6-5-17(20)28-19)11-7-18(25)23-12-8-21-9-13-23/h5-6,16,21H,2-4,7-15H2,1H3/t16-/m1/s1. The third-order valence-electron chi connectivity index (χ3n) is 5.76. The Hall–Kier alpha value is -0.710. The summed E-state index contributed by atoms with van der Waals surface area (Å²) >= 11 is 7.04. The summed E-state index contributed by atoms with van der Waals surface area (Å²) in [6.45, 7) is 7.39. The van der Waals surface area contributed by atoms with E-state index in [0.29, 0.717) is 36.6 Å². The van der Waals surface area contributed by atoms with Crippen LogP contribution in [0.3, 0.4) is 0 Å². The second kappa shape index (κ2) is 10.5. The monoisotopic (exact) mass is 462 g/mol. The van der Waals surface area contributed by atoms with Crippen LogP contribution < -0.4 is 5.32 Å². The fourth-order valence-electron chi connectivity index (χ4n) is 3.94. The van der Waals surface area contributed by atoms with Gasteiger partial charge < -0.3 is 10.2 Å². The van der Waals surface area contributed by atoms with Crippen molar-refractivity contribution in [3.05, 3.63) is 16.5 Å². The lowest BCUT2D eigenvalue weighted by molar-refractivity contribution is -0.131. The molecule has 1 amide bonds. The zero-order chi connectivity index (χ0) is 20.9. The van der Waals surface area contributed by atoms with Crippen molar-refractivity contribution in [2.75, 3.05) is 52.4 Å². The van der Waals surface area contributed by atoms with Crippen LogP contribution in [0.4, 0.5) is 0 Å². The second-order valence-electron chi connectivity index (χ2n) is 7.72. The molecule has 29 heavy (non-hydrogen) atoms. The van der Waals surface area contributed by atoms with Gasteiger partial charge in [-0.25, -0.2) is 8.42 Å². The Bertz CT molecular complexity index is 780. The molecule has 10 heteroatoms. The van der Waals surface area contributed by atoms with Gasteiger partial charge in [0.1, 0.15) is 4.21 Å². The molecular weight excluding hydrogens is 432 g/mol. The molecule has 2 aliphatic rings. The van der Waals surface area contributed by atoms with Gasteiger partial charge in [0.25, 0.3) is 10.0 Å². The maximum absolute atomic E-state index is 13.2. The number of carbonyl (C=O) groups excluding carboxylic acids is 1. The van der Waals surface area contributed by atoms with Crippen molar-refractivity contribution in [1.82, 2.24) is 19.4 Å². The van der Waals surface area contributed by atoms with Crippen LogP contribution in [0, 0.1) is 0 Å². The van der Waals surface area contributed by atoms with Gasteiger partial charge in [0.2, 0.25) is 5.91 Å². The zero-order valence-electron chi connectivity index (χ0n) is 17.0. The number of thiophene rings is 1. The molecule has 2 saturated heterocycles. The molecule has 7 nitrogen and oxygen atoms in total. The number of halogens is 1. The van der Waals surface area contributed by atoms with Crippen molar-refractivity contribution in [1.29, 1.82) is 0 Å². The van der Waals surface area contributed by atoms with Crippen LogP contribution in [-0.2, 0) is 14.8 Å². The van der Waals surface area contributed by atoms with E-state index in [9.17, 15) is 13.2 Å². The number of nitrogens with one attached hydrogen (secondary N) is 1. The van der Waals surface area contributed by atoms with E-state index in [4.69, 9.17) is 11.6 Å². The highest BCUT2D eigenvalue weighted by atomic mass is 35.5. The first-order chi connectivity index (χ1) is 13.9. The van der Waals surface area contributed by atoms with E-state index in [1.54, 1.807) is 12.1 Å². The Kier molecular flexibility index (Phi) is 8.35. The van der Waals surface area contributed by atoms with E-state index in [0.717, 1.165) is 43.8 Å². The molecule has 3 heterocycles. The fraction of sp³-hybridized carbons (Fsp3) is 0.737. The van der Waals surface area contributed by atoms with Crippen LogP contribution in [0.2, 0.25) is 4.34 Å². The molecule has 0 saturated carbocycles. The van der Waals surface area contributed by atoms with Gasteiger partial charge in [-0.15, -0.1) is 11.3 Å². The van der Waals surface area contributed by atoms with E-state index < -0.39 is 10.0 Å². The summed E-state index contributed by atoms with van der Waals surface area (Å²) in [5.41, 5.74) is 0. The molecule has 2 fully saturated rings. The van der Waals surface area contributed by atoms with Gasteiger partial charge in [0.15, 0.2) is 0 Å².